The van der Waals surface area contributed by atoms with Crippen molar-refractivity contribution in [2.45, 2.75) is 46.1 Å². The fourth-order valence-corrected chi connectivity index (χ4v) is 4.02. The summed E-state index contributed by atoms with van der Waals surface area (Å²) in [5, 5.41) is 12.6. The monoisotopic (exact) mass is 427 g/mol. The molecule has 31 heavy (non-hydrogen) atoms. The Morgan fingerprint density at radius 2 is 1.97 bits per heavy atom. The number of carboxylic acids is 1. The number of likely N-dealkylation sites (tertiary alicyclic amines) is 1. The zero-order chi connectivity index (χ0) is 22.4. The van der Waals surface area contributed by atoms with Crippen molar-refractivity contribution >= 4 is 17.7 Å². The first-order chi connectivity index (χ1) is 14.9. The number of anilines is 1. The lowest BCUT2D eigenvalue weighted by molar-refractivity contribution is -0.132. The first-order valence-electron chi connectivity index (χ1n) is 11.1. The van der Waals surface area contributed by atoms with Gasteiger partial charge in [-0.25, -0.2) is 9.78 Å². The van der Waals surface area contributed by atoms with Crippen molar-refractivity contribution < 1.29 is 14.7 Å². The van der Waals surface area contributed by atoms with E-state index in [4.69, 9.17) is 5.11 Å². The molecular weight excluding hydrogens is 394 g/mol. The summed E-state index contributed by atoms with van der Waals surface area (Å²) < 4.78 is 0. The van der Waals surface area contributed by atoms with Crippen LogP contribution in [-0.4, -0.2) is 75.5 Å². The molecule has 168 valence electrons. The van der Waals surface area contributed by atoms with E-state index in [-0.39, 0.29) is 17.6 Å². The number of aromatic amines is 1. The Hall–Kier alpha value is -2.87. The summed E-state index contributed by atoms with van der Waals surface area (Å²) in [5.74, 6) is 0.0301. The van der Waals surface area contributed by atoms with E-state index in [0.717, 1.165) is 68.1 Å². The number of H-pyrrole nitrogens is 1. The van der Waals surface area contributed by atoms with Crippen molar-refractivity contribution in [3.8, 4) is 11.1 Å². The van der Waals surface area contributed by atoms with Gasteiger partial charge in [0.2, 0.25) is 5.91 Å². The smallest absolute Gasteiger partial charge is 0.352 e. The molecule has 1 fully saturated rings. The normalized spacial score (nSPS) is 14.8. The summed E-state index contributed by atoms with van der Waals surface area (Å²) in [6.07, 6.45) is 5.86. The second-order valence-electron chi connectivity index (χ2n) is 8.07. The minimum absolute atomic E-state index is 0.166. The number of aryl methyl sites for hydroxylation is 1. The molecule has 3 rings (SSSR count). The molecule has 8 heteroatoms. The number of piperidine rings is 1. The standard InChI is InChI=1S/C23H33N5O3/c1-4-27(5-2)9-8-22(29)28-10-6-18(7-11-28)26-21-13-19(16(3)14-25-21)17-12-20(23(30)31)24-15-17/h12-15,18,24H,4-11H2,1-3H3,(H,25,26)(H,30,31). The van der Waals surface area contributed by atoms with Gasteiger partial charge >= 0.3 is 5.97 Å². The Morgan fingerprint density at radius 3 is 2.58 bits per heavy atom. The zero-order valence-electron chi connectivity index (χ0n) is 18.6. The number of nitrogens with one attached hydrogen (secondary N) is 2. The summed E-state index contributed by atoms with van der Waals surface area (Å²) in [6, 6.07) is 3.86. The highest BCUT2D eigenvalue weighted by molar-refractivity contribution is 5.88. The van der Waals surface area contributed by atoms with Crippen LogP contribution >= 0.6 is 0 Å². The van der Waals surface area contributed by atoms with Crippen LogP contribution in [0.1, 0.15) is 49.2 Å². The van der Waals surface area contributed by atoms with Gasteiger partial charge in [0, 0.05) is 50.1 Å². The van der Waals surface area contributed by atoms with Crippen molar-refractivity contribution in [1.82, 2.24) is 19.8 Å². The topological polar surface area (TPSA) is 102 Å². The van der Waals surface area contributed by atoms with Crippen LogP contribution in [-0.2, 0) is 4.79 Å². The van der Waals surface area contributed by atoms with Gasteiger partial charge in [0.1, 0.15) is 11.5 Å². The van der Waals surface area contributed by atoms with Crippen molar-refractivity contribution in [2.75, 3.05) is 38.0 Å². The van der Waals surface area contributed by atoms with Crippen LogP contribution in [0.25, 0.3) is 11.1 Å². The Balaban J connectivity index is 1.56. The molecule has 2 aromatic heterocycles. The van der Waals surface area contributed by atoms with Gasteiger partial charge in [-0.3, -0.25) is 4.79 Å². The number of nitrogens with zero attached hydrogens (tertiary/aromatic N) is 3. The van der Waals surface area contributed by atoms with Crippen LogP contribution in [0.2, 0.25) is 0 Å². The molecule has 0 spiro atoms. The second kappa shape index (κ2) is 10.4. The van der Waals surface area contributed by atoms with Gasteiger partial charge in [0.25, 0.3) is 0 Å². The number of pyridine rings is 1. The molecule has 8 nitrogen and oxygen atoms in total. The Kier molecular flexibility index (Phi) is 7.68. The van der Waals surface area contributed by atoms with Gasteiger partial charge < -0.3 is 25.2 Å². The summed E-state index contributed by atoms with van der Waals surface area (Å²) >= 11 is 0. The van der Waals surface area contributed by atoms with E-state index in [2.05, 4.69) is 34.0 Å². The minimum atomic E-state index is -0.977. The van der Waals surface area contributed by atoms with E-state index in [1.54, 1.807) is 18.5 Å². The lowest BCUT2D eigenvalue weighted by atomic mass is 10.0. The summed E-state index contributed by atoms with van der Waals surface area (Å²) in [5.41, 5.74) is 2.92. The molecule has 3 N–H and O–H groups in total. The van der Waals surface area contributed by atoms with Crippen LogP contribution in [0.4, 0.5) is 5.82 Å². The van der Waals surface area contributed by atoms with Crippen LogP contribution in [0.3, 0.4) is 0 Å². The molecule has 0 atom stereocenters. The number of hydrogen-bond acceptors (Lipinski definition) is 5. The molecule has 2 aromatic rings. The highest BCUT2D eigenvalue weighted by atomic mass is 16.4. The molecule has 1 aliphatic rings. The van der Waals surface area contributed by atoms with Gasteiger partial charge in [0.05, 0.1) is 0 Å². The van der Waals surface area contributed by atoms with Gasteiger partial charge in [-0.05, 0) is 56.1 Å². The molecular formula is C23H33N5O3. The predicted octanol–water partition coefficient (Wildman–Crippen LogP) is 3.22. The molecule has 0 aromatic carbocycles. The van der Waals surface area contributed by atoms with E-state index in [9.17, 15) is 9.59 Å². The van der Waals surface area contributed by atoms with E-state index in [1.165, 1.54) is 0 Å². The van der Waals surface area contributed by atoms with Crippen LogP contribution in [0, 0.1) is 6.92 Å². The first-order valence-corrected chi connectivity index (χ1v) is 11.1. The molecule has 0 saturated carbocycles. The number of rotatable bonds is 9. The SMILES string of the molecule is CCN(CC)CCC(=O)N1CCC(Nc2cc(-c3c[nH]c(C(=O)O)c3)c(C)cn2)CC1. The van der Waals surface area contributed by atoms with E-state index >= 15 is 0 Å². The zero-order valence-corrected chi connectivity index (χ0v) is 18.6. The number of aromatic carboxylic acids is 1. The number of carbonyl (C=O) groups is 2. The molecule has 0 aliphatic carbocycles. The van der Waals surface area contributed by atoms with E-state index < -0.39 is 5.97 Å². The number of carboxylic acid groups (broad SMARTS) is 1. The summed E-state index contributed by atoms with van der Waals surface area (Å²) in [6.45, 7) is 10.5. The lowest BCUT2D eigenvalue weighted by Gasteiger charge is -2.33. The largest absolute Gasteiger partial charge is 0.477 e. The highest BCUT2D eigenvalue weighted by Crippen LogP contribution is 2.27. The number of hydrogen-bond donors (Lipinski definition) is 3. The van der Waals surface area contributed by atoms with Gasteiger partial charge in [-0.1, -0.05) is 13.8 Å². The summed E-state index contributed by atoms with van der Waals surface area (Å²) in [7, 11) is 0. The molecule has 0 radical (unpaired) electrons. The minimum Gasteiger partial charge on any atom is -0.477 e. The van der Waals surface area contributed by atoms with Crippen LogP contribution in [0.5, 0.6) is 0 Å². The maximum absolute atomic E-state index is 12.5. The number of amides is 1. The average molecular weight is 428 g/mol. The fraction of sp³-hybridized carbons (Fsp3) is 0.522. The maximum atomic E-state index is 12.5. The highest BCUT2D eigenvalue weighted by Gasteiger charge is 2.23. The van der Waals surface area contributed by atoms with E-state index in [0.29, 0.717) is 6.42 Å². The second-order valence-corrected chi connectivity index (χ2v) is 8.07. The third-order valence-corrected chi connectivity index (χ3v) is 6.06. The third kappa shape index (κ3) is 5.85. The van der Waals surface area contributed by atoms with Gasteiger partial charge in [-0.15, -0.1) is 0 Å². The molecule has 0 bridgehead atoms. The Bertz CT molecular complexity index is 898. The molecule has 1 amide bonds. The molecule has 0 unspecified atom stereocenters. The summed E-state index contributed by atoms with van der Waals surface area (Å²) in [4.78, 5) is 35.2. The quantitative estimate of drug-likeness (QED) is 0.568. The molecule has 1 saturated heterocycles. The van der Waals surface area contributed by atoms with Crippen LogP contribution < -0.4 is 5.32 Å². The van der Waals surface area contributed by atoms with Gasteiger partial charge in [-0.2, -0.15) is 0 Å². The Morgan fingerprint density at radius 1 is 1.26 bits per heavy atom. The number of aromatic nitrogens is 2. The van der Waals surface area contributed by atoms with Gasteiger partial charge in [0.15, 0.2) is 0 Å². The fourth-order valence-electron chi connectivity index (χ4n) is 4.02. The van der Waals surface area contributed by atoms with Crippen LogP contribution in [0.15, 0.2) is 24.5 Å². The molecule has 3 heterocycles. The van der Waals surface area contributed by atoms with E-state index in [1.807, 2.05) is 17.9 Å². The first kappa shape index (κ1) is 22.8. The van der Waals surface area contributed by atoms with Crippen molar-refractivity contribution in [3.63, 3.8) is 0 Å². The lowest BCUT2D eigenvalue weighted by Crippen LogP contribution is -2.43. The van der Waals surface area contributed by atoms with Crippen molar-refractivity contribution in [1.29, 1.82) is 0 Å². The average Bonchev–Trinajstić information content (AvgIpc) is 3.26. The van der Waals surface area contributed by atoms with Crippen molar-refractivity contribution in [2.24, 2.45) is 0 Å². The maximum Gasteiger partial charge on any atom is 0.352 e. The number of carbonyl (C=O) groups excluding carboxylic acids is 1. The molecule has 1 aliphatic heterocycles. The third-order valence-electron chi connectivity index (χ3n) is 6.06. The Labute approximate surface area is 183 Å². The van der Waals surface area contributed by atoms with Crippen molar-refractivity contribution in [3.05, 3.63) is 35.8 Å². The predicted molar refractivity (Wildman–Crippen MR) is 121 cm³/mol.